The largest absolute Gasteiger partial charge is 0.497 e. The van der Waals surface area contributed by atoms with Crippen LogP contribution in [0.15, 0.2) is 35.2 Å². The van der Waals surface area contributed by atoms with E-state index in [0.29, 0.717) is 12.8 Å². The van der Waals surface area contributed by atoms with Gasteiger partial charge in [0.05, 0.1) is 7.11 Å². The Kier molecular flexibility index (Phi) is 6.36. The monoisotopic (exact) mass is 278 g/mol. The Hall–Kier alpha value is -1.55. The average Bonchev–Trinajstić information content (AvgIpc) is 2.38. The molecule has 0 saturated carbocycles. The first-order valence-corrected chi connectivity index (χ1v) is 7.17. The minimum atomic E-state index is 0.00997. The highest BCUT2D eigenvalue weighted by Gasteiger charge is 2.05. The minimum Gasteiger partial charge on any atom is -0.497 e. The van der Waals surface area contributed by atoms with Crippen molar-refractivity contribution in [2.45, 2.75) is 19.8 Å². The van der Waals surface area contributed by atoms with E-state index in [2.05, 4.69) is 0 Å². The Morgan fingerprint density at radius 3 is 2.37 bits per heavy atom. The summed E-state index contributed by atoms with van der Waals surface area (Å²) in [6.45, 7) is 1.53. The van der Waals surface area contributed by atoms with Crippen molar-refractivity contribution in [3.63, 3.8) is 0 Å². The Balaban J connectivity index is 2.67. The number of rotatable bonds is 7. The predicted molar refractivity (Wildman–Crippen MR) is 78.6 cm³/mol. The van der Waals surface area contributed by atoms with Gasteiger partial charge in [-0.2, -0.15) is 0 Å². The molecule has 4 heteroatoms. The van der Waals surface area contributed by atoms with E-state index in [1.807, 2.05) is 30.5 Å². The molecule has 1 aromatic rings. The summed E-state index contributed by atoms with van der Waals surface area (Å²) in [7, 11) is 1.61. The first-order chi connectivity index (χ1) is 9.05. The van der Waals surface area contributed by atoms with E-state index in [9.17, 15) is 9.59 Å². The number of ether oxygens (including phenoxy) is 1. The van der Waals surface area contributed by atoms with Crippen LogP contribution >= 0.6 is 11.8 Å². The highest BCUT2D eigenvalue weighted by molar-refractivity contribution is 8.02. The molecule has 0 aliphatic rings. The van der Waals surface area contributed by atoms with Crippen molar-refractivity contribution in [3.8, 4) is 5.75 Å². The van der Waals surface area contributed by atoms with Gasteiger partial charge in [0.25, 0.3) is 0 Å². The first-order valence-electron chi connectivity index (χ1n) is 5.95. The third-order valence-corrected chi connectivity index (χ3v) is 3.33. The molecule has 0 spiro atoms. The highest BCUT2D eigenvalue weighted by Crippen LogP contribution is 2.17. The zero-order valence-corrected chi connectivity index (χ0v) is 12.3. The van der Waals surface area contributed by atoms with Crippen molar-refractivity contribution in [1.82, 2.24) is 0 Å². The van der Waals surface area contributed by atoms with Crippen LogP contribution in [-0.2, 0) is 16.0 Å². The molecular weight excluding hydrogens is 260 g/mol. The zero-order chi connectivity index (χ0) is 14.3. The molecule has 0 N–H and O–H groups in total. The molecule has 0 fully saturated rings. The van der Waals surface area contributed by atoms with Crippen molar-refractivity contribution in [3.05, 3.63) is 40.8 Å². The van der Waals surface area contributed by atoms with E-state index < -0.39 is 0 Å². The quantitative estimate of drug-likeness (QED) is 0.719. The summed E-state index contributed by atoms with van der Waals surface area (Å²) in [6.07, 6.45) is 4.10. The standard InChI is InChI=1S/C15H18O3S/c1-11(16)8-15(19-3)10-13(17)9-12-4-6-14(18-2)7-5-12/h4-7,10H,8-9H2,1-3H3/b15-10+. The molecule has 0 atom stereocenters. The number of thioether (sulfide) groups is 1. The maximum absolute atomic E-state index is 11.9. The lowest BCUT2D eigenvalue weighted by Crippen LogP contribution is -2.01. The van der Waals surface area contributed by atoms with Gasteiger partial charge in [-0.25, -0.2) is 0 Å². The van der Waals surface area contributed by atoms with Crippen LogP contribution in [0.4, 0.5) is 0 Å². The number of carbonyl (C=O) groups excluding carboxylic acids is 2. The lowest BCUT2D eigenvalue weighted by Gasteiger charge is -2.03. The van der Waals surface area contributed by atoms with Crippen LogP contribution < -0.4 is 4.74 Å². The van der Waals surface area contributed by atoms with Crippen molar-refractivity contribution in [2.24, 2.45) is 0 Å². The topological polar surface area (TPSA) is 43.4 Å². The number of hydrogen-bond acceptors (Lipinski definition) is 4. The van der Waals surface area contributed by atoms with Crippen LogP contribution in [0.5, 0.6) is 5.75 Å². The third kappa shape index (κ3) is 5.75. The normalized spacial score (nSPS) is 11.2. The lowest BCUT2D eigenvalue weighted by molar-refractivity contribution is -0.116. The van der Waals surface area contributed by atoms with Gasteiger partial charge in [0.2, 0.25) is 0 Å². The minimum absolute atomic E-state index is 0.00997. The number of methoxy groups -OCH3 is 1. The molecule has 1 aromatic carbocycles. The number of allylic oxidation sites excluding steroid dienone is 2. The second-order valence-corrected chi connectivity index (χ2v) is 5.12. The summed E-state index contributed by atoms with van der Waals surface area (Å²) in [4.78, 5) is 23.7. The second kappa shape index (κ2) is 7.79. The van der Waals surface area contributed by atoms with Crippen LogP contribution in [0.2, 0.25) is 0 Å². The molecule has 0 radical (unpaired) electrons. The molecule has 1 rings (SSSR count). The molecule has 0 unspecified atom stereocenters. The third-order valence-electron chi connectivity index (χ3n) is 2.54. The smallest absolute Gasteiger partial charge is 0.160 e. The Morgan fingerprint density at radius 2 is 1.89 bits per heavy atom. The van der Waals surface area contributed by atoms with E-state index in [0.717, 1.165) is 16.2 Å². The Morgan fingerprint density at radius 1 is 1.26 bits per heavy atom. The van der Waals surface area contributed by atoms with Gasteiger partial charge in [0, 0.05) is 12.8 Å². The average molecular weight is 278 g/mol. The molecule has 0 saturated heterocycles. The molecule has 0 aliphatic carbocycles. The van der Waals surface area contributed by atoms with Gasteiger partial charge >= 0.3 is 0 Å². The molecule has 0 bridgehead atoms. The fraction of sp³-hybridized carbons (Fsp3) is 0.333. The maximum Gasteiger partial charge on any atom is 0.160 e. The van der Waals surface area contributed by atoms with Gasteiger partial charge in [-0.3, -0.25) is 9.59 Å². The van der Waals surface area contributed by atoms with E-state index in [1.54, 1.807) is 13.2 Å². The van der Waals surface area contributed by atoms with E-state index in [-0.39, 0.29) is 11.6 Å². The van der Waals surface area contributed by atoms with Gasteiger partial charge in [0.15, 0.2) is 5.78 Å². The molecular formula is C15H18O3S. The Labute approximate surface area is 118 Å². The van der Waals surface area contributed by atoms with Crippen LogP contribution in [0.1, 0.15) is 18.9 Å². The van der Waals surface area contributed by atoms with Crippen LogP contribution in [0.3, 0.4) is 0 Å². The summed E-state index contributed by atoms with van der Waals surface area (Å²) < 4.78 is 5.06. The number of ketones is 2. The van der Waals surface area contributed by atoms with Crippen molar-refractivity contribution in [2.75, 3.05) is 13.4 Å². The van der Waals surface area contributed by atoms with Crippen LogP contribution in [0.25, 0.3) is 0 Å². The first kappa shape index (κ1) is 15.5. The number of carbonyl (C=O) groups is 2. The molecule has 0 aromatic heterocycles. The van der Waals surface area contributed by atoms with Crippen molar-refractivity contribution in [1.29, 1.82) is 0 Å². The van der Waals surface area contributed by atoms with Crippen LogP contribution in [0, 0.1) is 0 Å². The zero-order valence-electron chi connectivity index (χ0n) is 11.4. The molecule has 102 valence electrons. The van der Waals surface area contributed by atoms with Gasteiger partial charge < -0.3 is 4.74 Å². The second-order valence-electron chi connectivity index (χ2n) is 4.18. The van der Waals surface area contributed by atoms with Gasteiger partial charge in [0.1, 0.15) is 11.5 Å². The number of hydrogen-bond donors (Lipinski definition) is 0. The summed E-state index contributed by atoms with van der Waals surface area (Å²) in [5.41, 5.74) is 0.935. The van der Waals surface area contributed by atoms with Crippen molar-refractivity contribution >= 4 is 23.3 Å². The number of Topliss-reactive ketones (excluding diaryl/α,β-unsaturated/α-hetero) is 1. The van der Waals surface area contributed by atoms with E-state index >= 15 is 0 Å². The van der Waals surface area contributed by atoms with Crippen molar-refractivity contribution < 1.29 is 14.3 Å². The summed E-state index contributed by atoms with van der Waals surface area (Å²) in [6, 6.07) is 7.40. The van der Waals surface area contributed by atoms with Gasteiger partial charge in [-0.1, -0.05) is 12.1 Å². The molecule has 3 nitrogen and oxygen atoms in total. The lowest BCUT2D eigenvalue weighted by atomic mass is 10.1. The fourth-order valence-corrected chi connectivity index (χ4v) is 2.20. The maximum atomic E-state index is 11.9. The molecule has 0 aliphatic heterocycles. The summed E-state index contributed by atoms with van der Waals surface area (Å²) >= 11 is 1.44. The van der Waals surface area contributed by atoms with Gasteiger partial charge in [-0.15, -0.1) is 11.8 Å². The Bertz CT molecular complexity index is 475. The SMILES string of the molecule is COc1ccc(CC(=O)/C=C(\CC(C)=O)SC)cc1. The summed E-state index contributed by atoms with van der Waals surface area (Å²) in [5, 5.41) is 0. The fourth-order valence-electron chi connectivity index (χ4n) is 1.60. The highest BCUT2D eigenvalue weighted by atomic mass is 32.2. The molecule has 19 heavy (non-hydrogen) atoms. The van der Waals surface area contributed by atoms with Gasteiger partial charge in [-0.05, 0) is 41.9 Å². The molecule has 0 heterocycles. The predicted octanol–water partition coefficient (Wildman–Crippen LogP) is 3.03. The van der Waals surface area contributed by atoms with E-state index in [4.69, 9.17) is 4.74 Å². The van der Waals surface area contributed by atoms with E-state index in [1.165, 1.54) is 18.7 Å². The number of benzene rings is 1. The summed E-state index contributed by atoms with van der Waals surface area (Å²) in [5.74, 6) is 0.849. The van der Waals surface area contributed by atoms with Crippen LogP contribution in [-0.4, -0.2) is 24.9 Å². The molecule has 0 amide bonds.